The van der Waals surface area contributed by atoms with Crippen LogP contribution in [0.15, 0.2) is 0 Å². The first kappa shape index (κ1) is 14.8. The molecular weight excluding hydrogens is 290 g/mol. The summed E-state index contributed by atoms with van der Waals surface area (Å²) in [6.07, 6.45) is 8.28. The Kier molecular flexibility index (Phi) is 4.11. The lowest BCUT2D eigenvalue weighted by Gasteiger charge is -2.22. The summed E-state index contributed by atoms with van der Waals surface area (Å²) in [6.45, 7) is 4.94. The van der Waals surface area contributed by atoms with E-state index in [4.69, 9.17) is 4.98 Å². The van der Waals surface area contributed by atoms with Crippen molar-refractivity contribution in [2.45, 2.75) is 71.0 Å². The normalized spacial score (nSPS) is 21.7. The molecule has 1 aliphatic carbocycles. The molecule has 2 aromatic rings. The summed E-state index contributed by atoms with van der Waals surface area (Å²) in [6, 6.07) is 0.382. The molecule has 0 saturated carbocycles. The Balaban J connectivity index is 1.52. The van der Waals surface area contributed by atoms with E-state index in [1.807, 2.05) is 4.68 Å². The van der Waals surface area contributed by atoms with Crippen molar-refractivity contribution in [2.24, 2.45) is 0 Å². The zero-order valence-corrected chi connectivity index (χ0v) is 13.8. The van der Waals surface area contributed by atoms with Gasteiger partial charge >= 0.3 is 0 Å². The van der Waals surface area contributed by atoms with Crippen LogP contribution in [0.4, 0.5) is 0 Å². The number of aromatic nitrogens is 6. The summed E-state index contributed by atoms with van der Waals surface area (Å²) < 4.78 is 1.93. The second-order valence-corrected chi connectivity index (χ2v) is 6.70. The fraction of sp³-hybridized carbons (Fsp3) is 0.750. The van der Waals surface area contributed by atoms with Crippen molar-refractivity contribution in [3.8, 4) is 0 Å². The number of rotatable bonds is 5. The van der Waals surface area contributed by atoms with Gasteiger partial charge in [-0.3, -0.25) is 4.90 Å². The predicted molar refractivity (Wildman–Crippen MR) is 85.7 cm³/mol. The SMILES string of the molecule is CCCn1nnnc1CN1CCC[C@@H]1c1nc2c([nH]1)CCCC2. The summed E-state index contributed by atoms with van der Waals surface area (Å²) in [7, 11) is 0. The quantitative estimate of drug-likeness (QED) is 0.913. The third-order valence-corrected chi connectivity index (χ3v) is 5.04. The predicted octanol–water partition coefficient (Wildman–Crippen LogP) is 2.02. The molecule has 4 rings (SSSR count). The van der Waals surface area contributed by atoms with Gasteiger partial charge in [0.25, 0.3) is 0 Å². The molecule has 7 nitrogen and oxygen atoms in total. The Morgan fingerprint density at radius 3 is 3.00 bits per heavy atom. The maximum atomic E-state index is 4.92. The summed E-state index contributed by atoms with van der Waals surface area (Å²) in [5.41, 5.74) is 2.67. The van der Waals surface area contributed by atoms with Gasteiger partial charge in [0.05, 0.1) is 18.3 Å². The molecule has 1 saturated heterocycles. The minimum Gasteiger partial charge on any atom is -0.344 e. The molecule has 0 amide bonds. The van der Waals surface area contributed by atoms with Gasteiger partial charge in [-0.1, -0.05) is 6.92 Å². The molecular formula is C16H25N7. The molecule has 0 unspecified atom stereocenters. The van der Waals surface area contributed by atoms with Crippen molar-refractivity contribution in [2.75, 3.05) is 6.54 Å². The molecule has 0 aromatic carbocycles. The van der Waals surface area contributed by atoms with E-state index >= 15 is 0 Å². The van der Waals surface area contributed by atoms with Gasteiger partial charge in [-0.05, 0) is 61.9 Å². The first-order valence-electron chi connectivity index (χ1n) is 8.92. The second kappa shape index (κ2) is 6.39. The smallest absolute Gasteiger partial charge is 0.165 e. The number of fused-ring (bicyclic) bond motifs is 1. The molecule has 1 aliphatic heterocycles. The third kappa shape index (κ3) is 2.89. The van der Waals surface area contributed by atoms with Crippen molar-refractivity contribution in [3.05, 3.63) is 23.0 Å². The van der Waals surface area contributed by atoms with Crippen LogP contribution in [-0.2, 0) is 25.9 Å². The number of aryl methyl sites for hydroxylation is 3. The maximum absolute atomic E-state index is 4.92. The molecule has 1 fully saturated rings. The monoisotopic (exact) mass is 315 g/mol. The standard InChI is InChI=1S/C16H25N7/c1-2-9-23-15(19-20-21-23)11-22-10-5-8-14(22)16-17-12-6-3-4-7-13(12)18-16/h14H,2-11H2,1H3,(H,17,18)/t14-/m1/s1. The summed E-state index contributed by atoms with van der Waals surface area (Å²) >= 11 is 0. The van der Waals surface area contributed by atoms with Gasteiger partial charge in [0.15, 0.2) is 5.82 Å². The van der Waals surface area contributed by atoms with Crippen LogP contribution < -0.4 is 0 Å². The summed E-state index contributed by atoms with van der Waals surface area (Å²) in [4.78, 5) is 11.0. The van der Waals surface area contributed by atoms with Crippen LogP contribution in [0.5, 0.6) is 0 Å². The Bertz CT molecular complexity index is 636. The fourth-order valence-electron chi connectivity index (χ4n) is 3.86. The molecule has 1 atom stereocenters. The van der Waals surface area contributed by atoms with E-state index in [1.54, 1.807) is 0 Å². The van der Waals surface area contributed by atoms with E-state index in [2.05, 4.69) is 32.3 Å². The van der Waals surface area contributed by atoms with Gasteiger partial charge in [-0.25, -0.2) is 9.67 Å². The maximum Gasteiger partial charge on any atom is 0.165 e. The number of tetrazole rings is 1. The van der Waals surface area contributed by atoms with Crippen LogP contribution in [0.2, 0.25) is 0 Å². The molecule has 0 spiro atoms. The van der Waals surface area contributed by atoms with Crippen molar-refractivity contribution < 1.29 is 0 Å². The van der Waals surface area contributed by atoms with Crippen LogP contribution in [0.3, 0.4) is 0 Å². The van der Waals surface area contributed by atoms with Crippen LogP contribution in [0.1, 0.15) is 68.1 Å². The average molecular weight is 315 g/mol. The summed E-state index contributed by atoms with van der Waals surface area (Å²) in [5, 5.41) is 12.2. The minimum absolute atomic E-state index is 0.382. The van der Waals surface area contributed by atoms with Gasteiger partial charge in [-0.15, -0.1) is 5.10 Å². The Morgan fingerprint density at radius 1 is 1.22 bits per heavy atom. The second-order valence-electron chi connectivity index (χ2n) is 6.70. The average Bonchev–Trinajstić information content (AvgIpc) is 3.27. The van der Waals surface area contributed by atoms with E-state index in [0.29, 0.717) is 6.04 Å². The fourth-order valence-corrected chi connectivity index (χ4v) is 3.86. The highest BCUT2D eigenvalue weighted by atomic mass is 15.5. The number of hydrogen-bond donors (Lipinski definition) is 1. The highest BCUT2D eigenvalue weighted by Crippen LogP contribution is 2.33. The minimum atomic E-state index is 0.382. The lowest BCUT2D eigenvalue weighted by atomic mass is 10.0. The molecule has 2 aliphatic rings. The number of aromatic amines is 1. The van der Waals surface area contributed by atoms with E-state index in [9.17, 15) is 0 Å². The number of hydrogen-bond acceptors (Lipinski definition) is 5. The third-order valence-electron chi connectivity index (χ3n) is 5.04. The molecule has 3 heterocycles. The van der Waals surface area contributed by atoms with Crippen molar-refractivity contribution in [1.82, 2.24) is 35.1 Å². The van der Waals surface area contributed by atoms with E-state index in [-0.39, 0.29) is 0 Å². The zero-order valence-electron chi connectivity index (χ0n) is 13.8. The first-order valence-corrected chi connectivity index (χ1v) is 8.92. The number of nitrogens with one attached hydrogen (secondary N) is 1. The largest absolute Gasteiger partial charge is 0.344 e. The van der Waals surface area contributed by atoms with Gasteiger partial charge in [0.1, 0.15) is 5.82 Å². The molecule has 124 valence electrons. The molecule has 1 N–H and O–H groups in total. The van der Waals surface area contributed by atoms with Crippen molar-refractivity contribution in [1.29, 1.82) is 0 Å². The summed E-state index contributed by atoms with van der Waals surface area (Å²) in [5.74, 6) is 2.12. The van der Waals surface area contributed by atoms with E-state index in [0.717, 1.165) is 50.5 Å². The van der Waals surface area contributed by atoms with Crippen LogP contribution in [-0.4, -0.2) is 41.6 Å². The van der Waals surface area contributed by atoms with E-state index in [1.165, 1.54) is 37.1 Å². The highest BCUT2D eigenvalue weighted by Gasteiger charge is 2.30. The van der Waals surface area contributed by atoms with Gasteiger partial charge in [-0.2, -0.15) is 0 Å². The number of nitrogens with zero attached hydrogens (tertiary/aromatic N) is 6. The molecule has 23 heavy (non-hydrogen) atoms. The van der Waals surface area contributed by atoms with Crippen molar-refractivity contribution in [3.63, 3.8) is 0 Å². The van der Waals surface area contributed by atoms with Gasteiger partial charge in [0, 0.05) is 12.2 Å². The first-order chi connectivity index (χ1) is 11.3. The Labute approximate surface area is 136 Å². The Morgan fingerprint density at radius 2 is 2.13 bits per heavy atom. The van der Waals surface area contributed by atoms with E-state index < -0.39 is 0 Å². The van der Waals surface area contributed by atoms with Crippen molar-refractivity contribution >= 4 is 0 Å². The topological polar surface area (TPSA) is 75.5 Å². The lowest BCUT2D eigenvalue weighted by Crippen LogP contribution is -2.25. The highest BCUT2D eigenvalue weighted by molar-refractivity contribution is 5.19. The Hall–Kier alpha value is -1.76. The lowest BCUT2D eigenvalue weighted by molar-refractivity contribution is 0.229. The van der Waals surface area contributed by atoms with Gasteiger partial charge in [0.2, 0.25) is 0 Å². The molecule has 0 bridgehead atoms. The van der Waals surface area contributed by atoms with Crippen LogP contribution >= 0.6 is 0 Å². The number of likely N-dealkylation sites (tertiary alicyclic amines) is 1. The van der Waals surface area contributed by atoms with Crippen LogP contribution in [0, 0.1) is 0 Å². The number of imidazole rings is 1. The van der Waals surface area contributed by atoms with Crippen LogP contribution in [0.25, 0.3) is 0 Å². The zero-order chi connectivity index (χ0) is 15.6. The number of H-pyrrole nitrogens is 1. The van der Waals surface area contributed by atoms with Gasteiger partial charge < -0.3 is 4.98 Å². The molecule has 0 radical (unpaired) electrons. The molecule has 2 aromatic heterocycles. The molecule has 7 heteroatoms.